The summed E-state index contributed by atoms with van der Waals surface area (Å²) in [4.78, 5) is 0. The molecular weight excluding hydrogens is 641 g/mol. The molecule has 0 aliphatic carbocycles. The SMILES string of the molecule is N#Cc1cc2ccc3cc(-c4cccc(-c5cc6c7ccccc7c(-c7ccccc7)cc6c6ccccc56)c4)cc4c3c2c(c1)n4-c1ccccc1. The summed E-state index contributed by atoms with van der Waals surface area (Å²) in [7, 11) is 0. The van der Waals surface area contributed by atoms with Crippen LogP contribution in [0.15, 0.2) is 182 Å². The second-order valence-corrected chi connectivity index (χ2v) is 14.0. The smallest absolute Gasteiger partial charge is 0.0992 e. The Morgan fingerprint density at radius 1 is 0.358 bits per heavy atom. The van der Waals surface area contributed by atoms with E-state index in [4.69, 9.17) is 0 Å². The molecule has 1 aromatic heterocycles. The molecule has 0 bridgehead atoms. The van der Waals surface area contributed by atoms with Gasteiger partial charge in [0.1, 0.15) is 0 Å². The van der Waals surface area contributed by atoms with Crippen molar-refractivity contribution >= 4 is 64.9 Å². The van der Waals surface area contributed by atoms with Gasteiger partial charge in [0, 0.05) is 16.5 Å². The normalized spacial score (nSPS) is 11.8. The van der Waals surface area contributed by atoms with E-state index >= 15 is 0 Å². The largest absolute Gasteiger partial charge is 0.309 e. The zero-order valence-electron chi connectivity index (χ0n) is 28.7. The fraction of sp³-hybridized carbons (Fsp3) is 0. The summed E-state index contributed by atoms with van der Waals surface area (Å²) in [5.41, 5.74) is 11.2. The van der Waals surface area contributed by atoms with Crippen LogP contribution in [0.2, 0.25) is 0 Å². The van der Waals surface area contributed by atoms with Gasteiger partial charge in [-0.05, 0) is 131 Å². The number of benzene rings is 10. The van der Waals surface area contributed by atoms with Crippen LogP contribution >= 0.6 is 0 Å². The van der Waals surface area contributed by atoms with Crippen LogP contribution < -0.4 is 0 Å². The van der Waals surface area contributed by atoms with Crippen molar-refractivity contribution in [1.82, 2.24) is 4.57 Å². The third kappa shape index (κ3) is 4.45. The van der Waals surface area contributed by atoms with E-state index in [-0.39, 0.29) is 0 Å². The molecule has 0 aliphatic heterocycles. The average molecular weight is 671 g/mol. The standard InChI is InChI=1S/C51H30N2/c52-31-32-24-36-22-23-37-27-38(28-49-51(37)50(36)48(25-32)53(49)39-16-5-2-6-17-39)34-14-11-15-35(26-34)45-30-47-42-20-9-7-18-40(42)44(33-12-3-1-4-13-33)29-46(47)43-21-10-8-19-41(43)45/h1-30H. The van der Waals surface area contributed by atoms with Crippen molar-refractivity contribution in [3.63, 3.8) is 0 Å². The Kier molecular flexibility index (Phi) is 6.35. The molecule has 0 radical (unpaired) electrons. The lowest BCUT2D eigenvalue weighted by Crippen LogP contribution is -1.94. The summed E-state index contributed by atoms with van der Waals surface area (Å²) in [5, 5.41) is 22.2. The Labute approximate surface area is 306 Å². The van der Waals surface area contributed by atoms with Gasteiger partial charge >= 0.3 is 0 Å². The van der Waals surface area contributed by atoms with Crippen LogP contribution in [0.1, 0.15) is 5.56 Å². The zero-order valence-corrected chi connectivity index (χ0v) is 28.7. The number of rotatable bonds is 4. The van der Waals surface area contributed by atoms with Crippen molar-refractivity contribution in [2.24, 2.45) is 0 Å². The van der Waals surface area contributed by atoms with E-state index in [9.17, 15) is 5.26 Å². The van der Waals surface area contributed by atoms with Crippen LogP contribution in [0.25, 0.3) is 104 Å². The Bertz CT molecular complexity index is 3270. The number of hydrogen-bond donors (Lipinski definition) is 0. The van der Waals surface area contributed by atoms with E-state index < -0.39 is 0 Å². The van der Waals surface area contributed by atoms with Crippen molar-refractivity contribution < 1.29 is 0 Å². The number of fused-ring (bicyclic) bond motifs is 5. The van der Waals surface area contributed by atoms with Crippen LogP contribution in [0.3, 0.4) is 0 Å². The quantitative estimate of drug-likeness (QED) is 0.171. The van der Waals surface area contributed by atoms with Crippen molar-refractivity contribution in [3.05, 3.63) is 188 Å². The minimum Gasteiger partial charge on any atom is -0.309 e. The molecule has 0 saturated heterocycles. The molecule has 10 aromatic carbocycles. The van der Waals surface area contributed by atoms with Gasteiger partial charge in [0.2, 0.25) is 0 Å². The molecule has 2 nitrogen and oxygen atoms in total. The number of para-hydroxylation sites is 1. The summed E-state index contributed by atoms with van der Waals surface area (Å²) in [6.45, 7) is 0. The molecule has 53 heavy (non-hydrogen) atoms. The predicted molar refractivity (Wildman–Crippen MR) is 223 cm³/mol. The lowest BCUT2D eigenvalue weighted by molar-refractivity contribution is 1.18. The highest BCUT2D eigenvalue weighted by Crippen LogP contribution is 2.44. The number of nitriles is 1. The highest BCUT2D eigenvalue weighted by molar-refractivity contribution is 6.26. The minimum absolute atomic E-state index is 0.667. The molecule has 2 heteroatoms. The van der Waals surface area contributed by atoms with Crippen molar-refractivity contribution in [2.45, 2.75) is 0 Å². The first kappa shape index (κ1) is 29.5. The predicted octanol–water partition coefficient (Wildman–Crippen LogP) is 13.7. The molecule has 1 heterocycles. The molecule has 0 fully saturated rings. The zero-order chi connectivity index (χ0) is 35.0. The molecule has 0 spiro atoms. The van der Waals surface area contributed by atoms with Crippen molar-refractivity contribution in [1.29, 1.82) is 5.26 Å². The molecule has 0 saturated carbocycles. The molecule has 0 N–H and O–H groups in total. The summed E-state index contributed by atoms with van der Waals surface area (Å²) >= 11 is 0. The second kappa shape index (κ2) is 11.4. The van der Waals surface area contributed by atoms with Gasteiger partial charge in [-0.15, -0.1) is 0 Å². The molecule has 0 atom stereocenters. The van der Waals surface area contributed by atoms with Gasteiger partial charge in [-0.25, -0.2) is 0 Å². The van der Waals surface area contributed by atoms with E-state index in [0.29, 0.717) is 5.56 Å². The van der Waals surface area contributed by atoms with E-state index in [1.54, 1.807) is 0 Å². The average Bonchev–Trinajstić information content (AvgIpc) is 3.57. The topological polar surface area (TPSA) is 28.7 Å². The lowest BCUT2D eigenvalue weighted by Gasteiger charge is -2.16. The molecule has 0 unspecified atom stereocenters. The first-order chi connectivity index (χ1) is 26.2. The third-order valence-corrected chi connectivity index (χ3v) is 11.1. The summed E-state index contributed by atoms with van der Waals surface area (Å²) in [6.07, 6.45) is 0. The Morgan fingerprint density at radius 2 is 0.887 bits per heavy atom. The van der Waals surface area contributed by atoms with Gasteiger partial charge in [0.05, 0.1) is 22.7 Å². The highest BCUT2D eigenvalue weighted by atomic mass is 15.0. The number of nitrogens with zero attached hydrogens (tertiary/aromatic N) is 2. The fourth-order valence-electron chi connectivity index (χ4n) is 8.77. The highest BCUT2D eigenvalue weighted by Gasteiger charge is 2.20. The molecule has 244 valence electrons. The molecule has 11 rings (SSSR count). The van der Waals surface area contributed by atoms with E-state index in [1.807, 2.05) is 18.2 Å². The van der Waals surface area contributed by atoms with Crippen molar-refractivity contribution in [2.75, 3.05) is 0 Å². The van der Waals surface area contributed by atoms with Crippen LogP contribution in [0.4, 0.5) is 0 Å². The van der Waals surface area contributed by atoms with Crippen LogP contribution in [0, 0.1) is 11.3 Å². The third-order valence-electron chi connectivity index (χ3n) is 11.1. The maximum absolute atomic E-state index is 9.93. The van der Waals surface area contributed by atoms with Gasteiger partial charge < -0.3 is 4.57 Å². The summed E-state index contributed by atoms with van der Waals surface area (Å²) < 4.78 is 2.32. The van der Waals surface area contributed by atoms with E-state index in [0.717, 1.165) is 33.2 Å². The summed E-state index contributed by atoms with van der Waals surface area (Å²) in [5.74, 6) is 0. The fourth-order valence-corrected chi connectivity index (χ4v) is 8.77. The van der Waals surface area contributed by atoms with E-state index in [2.05, 4.69) is 174 Å². The molecule has 11 aromatic rings. The maximum Gasteiger partial charge on any atom is 0.0992 e. The lowest BCUT2D eigenvalue weighted by atomic mass is 9.87. The Hall–Kier alpha value is -7.21. The van der Waals surface area contributed by atoms with Gasteiger partial charge in [0.25, 0.3) is 0 Å². The number of aromatic nitrogens is 1. The maximum atomic E-state index is 9.93. The monoisotopic (exact) mass is 670 g/mol. The minimum atomic E-state index is 0.667. The van der Waals surface area contributed by atoms with Crippen LogP contribution in [0.5, 0.6) is 0 Å². The molecular formula is C51H30N2. The molecule has 0 aliphatic rings. The van der Waals surface area contributed by atoms with E-state index in [1.165, 1.54) is 70.7 Å². The first-order valence-electron chi connectivity index (χ1n) is 18.1. The number of hydrogen-bond acceptors (Lipinski definition) is 1. The Balaban J connectivity index is 1.15. The first-order valence-corrected chi connectivity index (χ1v) is 18.1. The Morgan fingerprint density at radius 3 is 1.55 bits per heavy atom. The van der Waals surface area contributed by atoms with Crippen LogP contribution in [-0.2, 0) is 0 Å². The van der Waals surface area contributed by atoms with Gasteiger partial charge in [-0.2, -0.15) is 5.26 Å². The van der Waals surface area contributed by atoms with Gasteiger partial charge in [0.15, 0.2) is 0 Å². The van der Waals surface area contributed by atoms with Gasteiger partial charge in [-0.3, -0.25) is 0 Å². The van der Waals surface area contributed by atoms with Crippen LogP contribution in [-0.4, -0.2) is 4.57 Å². The molecule has 0 amide bonds. The van der Waals surface area contributed by atoms with Crippen molar-refractivity contribution in [3.8, 4) is 45.1 Å². The summed E-state index contributed by atoms with van der Waals surface area (Å²) in [6, 6.07) is 68.2. The second-order valence-electron chi connectivity index (χ2n) is 14.0. The van der Waals surface area contributed by atoms with Gasteiger partial charge in [-0.1, -0.05) is 127 Å².